The minimum atomic E-state index is -0.763. The van der Waals surface area contributed by atoms with E-state index in [2.05, 4.69) is 0 Å². The van der Waals surface area contributed by atoms with Crippen molar-refractivity contribution in [2.24, 2.45) is 11.1 Å². The zero-order valence-electron chi connectivity index (χ0n) is 10.3. The van der Waals surface area contributed by atoms with Gasteiger partial charge in [-0.2, -0.15) is 0 Å². The second-order valence-corrected chi connectivity index (χ2v) is 4.45. The molecule has 0 aromatic heterocycles. The third-order valence-corrected chi connectivity index (χ3v) is 3.43. The highest BCUT2D eigenvalue weighted by Gasteiger charge is 2.37. The van der Waals surface area contributed by atoms with Gasteiger partial charge in [-0.3, -0.25) is 4.79 Å². The van der Waals surface area contributed by atoms with Gasteiger partial charge in [-0.15, -0.1) is 0 Å². The standard InChI is InChI=1S/C11H22N2O2S/c1-4-11(3,9(12)16)10(15)13(5-2)7-6-8-14/h14H,4-8H2,1-3H3,(H2,12,16). The molecule has 0 saturated carbocycles. The molecule has 0 spiro atoms. The highest BCUT2D eigenvalue weighted by Crippen LogP contribution is 2.24. The second-order valence-electron chi connectivity index (χ2n) is 4.01. The SMILES string of the molecule is CCN(CCCO)C(=O)C(C)(CC)C(N)=S. The Kier molecular flexibility index (Phi) is 6.52. The Hall–Kier alpha value is -0.680. The van der Waals surface area contributed by atoms with E-state index in [1.165, 1.54) is 0 Å². The predicted octanol–water partition coefficient (Wildman–Crippen LogP) is 0.920. The van der Waals surface area contributed by atoms with Crippen molar-refractivity contribution in [1.82, 2.24) is 4.90 Å². The molecule has 1 unspecified atom stereocenters. The molecule has 16 heavy (non-hydrogen) atoms. The molecule has 0 fully saturated rings. The van der Waals surface area contributed by atoms with E-state index in [-0.39, 0.29) is 17.5 Å². The van der Waals surface area contributed by atoms with Crippen LogP contribution in [0.3, 0.4) is 0 Å². The van der Waals surface area contributed by atoms with Crippen LogP contribution >= 0.6 is 12.2 Å². The fourth-order valence-corrected chi connectivity index (χ4v) is 1.68. The molecule has 94 valence electrons. The highest BCUT2D eigenvalue weighted by molar-refractivity contribution is 7.80. The van der Waals surface area contributed by atoms with Crippen molar-refractivity contribution in [1.29, 1.82) is 0 Å². The first-order chi connectivity index (χ1) is 7.43. The van der Waals surface area contributed by atoms with Gasteiger partial charge in [0.15, 0.2) is 0 Å². The molecule has 0 aliphatic rings. The third kappa shape index (κ3) is 3.42. The summed E-state index contributed by atoms with van der Waals surface area (Å²) in [6.45, 7) is 6.82. The van der Waals surface area contributed by atoms with E-state index in [9.17, 15) is 4.79 Å². The lowest BCUT2D eigenvalue weighted by Gasteiger charge is -2.32. The molecule has 0 rings (SSSR count). The van der Waals surface area contributed by atoms with Crippen molar-refractivity contribution in [2.75, 3.05) is 19.7 Å². The van der Waals surface area contributed by atoms with Crippen molar-refractivity contribution in [3.05, 3.63) is 0 Å². The number of aliphatic hydroxyl groups excluding tert-OH is 1. The zero-order chi connectivity index (χ0) is 12.8. The van der Waals surface area contributed by atoms with Crippen molar-refractivity contribution >= 4 is 23.1 Å². The van der Waals surface area contributed by atoms with E-state index in [1.807, 2.05) is 13.8 Å². The maximum Gasteiger partial charge on any atom is 0.235 e. The molecule has 0 heterocycles. The van der Waals surface area contributed by atoms with Gasteiger partial charge < -0.3 is 15.7 Å². The van der Waals surface area contributed by atoms with Gasteiger partial charge in [0, 0.05) is 19.7 Å². The van der Waals surface area contributed by atoms with Gasteiger partial charge in [-0.25, -0.2) is 0 Å². The predicted molar refractivity (Wildman–Crippen MR) is 69.1 cm³/mol. The summed E-state index contributed by atoms with van der Waals surface area (Å²) in [4.78, 5) is 14.2. The first-order valence-electron chi connectivity index (χ1n) is 5.64. The first-order valence-corrected chi connectivity index (χ1v) is 6.05. The number of amides is 1. The molecule has 0 aliphatic heterocycles. The van der Waals surface area contributed by atoms with Gasteiger partial charge in [-0.1, -0.05) is 19.1 Å². The Morgan fingerprint density at radius 2 is 2.06 bits per heavy atom. The molecule has 0 saturated heterocycles. The van der Waals surface area contributed by atoms with E-state index in [0.717, 1.165) is 0 Å². The lowest BCUT2D eigenvalue weighted by atomic mass is 9.85. The molecular weight excluding hydrogens is 224 g/mol. The molecule has 4 nitrogen and oxygen atoms in total. The minimum absolute atomic E-state index is 0.0431. The van der Waals surface area contributed by atoms with Crippen LogP contribution in [0, 0.1) is 5.41 Å². The van der Waals surface area contributed by atoms with Gasteiger partial charge in [0.05, 0.1) is 10.4 Å². The smallest absolute Gasteiger partial charge is 0.235 e. The van der Waals surface area contributed by atoms with Crippen LogP contribution in [0.1, 0.15) is 33.6 Å². The second kappa shape index (κ2) is 6.81. The molecule has 0 radical (unpaired) electrons. The topological polar surface area (TPSA) is 66.6 Å². The average Bonchev–Trinajstić information content (AvgIpc) is 2.28. The van der Waals surface area contributed by atoms with E-state index in [1.54, 1.807) is 11.8 Å². The molecule has 0 bridgehead atoms. The Labute approximate surface area is 103 Å². The number of aliphatic hydroxyl groups is 1. The number of thiocarbonyl (C=S) groups is 1. The van der Waals surface area contributed by atoms with E-state index >= 15 is 0 Å². The van der Waals surface area contributed by atoms with Crippen LogP contribution < -0.4 is 5.73 Å². The van der Waals surface area contributed by atoms with Crippen molar-refractivity contribution in [3.63, 3.8) is 0 Å². The van der Waals surface area contributed by atoms with Gasteiger partial charge in [0.25, 0.3) is 0 Å². The number of hydrogen-bond acceptors (Lipinski definition) is 3. The van der Waals surface area contributed by atoms with E-state index in [0.29, 0.717) is 25.9 Å². The summed E-state index contributed by atoms with van der Waals surface area (Å²) < 4.78 is 0. The van der Waals surface area contributed by atoms with Crippen LogP contribution in [-0.2, 0) is 4.79 Å². The van der Waals surface area contributed by atoms with Crippen LogP contribution in [-0.4, -0.2) is 40.6 Å². The van der Waals surface area contributed by atoms with Crippen LogP contribution in [0.2, 0.25) is 0 Å². The summed E-state index contributed by atoms with van der Waals surface area (Å²) >= 11 is 4.97. The number of nitrogens with two attached hydrogens (primary N) is 1. The molecule has 1 amide bonds. The van der Waals surface area contributed by atoms with Crippen LogP contribution in [0.15, 0.2) is 0 Å². The summed E-state index contributed by atoms with van der Waals surface area (Å²) in [5, 5.41) is 8.77. The normalized spacial score (nSPS) is 14.2. The summed E-state index contributed by atoms with van der Waals surface area (Å²) in [5.74, 6) is -0.0431. The fraction of sp³-hybridized carbons (Fsp3) is 0.818. The quantitative estimate of drug-likeness (QED) is 0.656. The lowest BCUT2D eigenvalue weighted by Crippen LogP contribution is -2.49. The Bertz CT molecular complexity index is 258. The summed E-state index contributed by atoms with van der Waals surface area (Å²) in [6, 6.07) is 0. The molecule has 3 N–H and O–H groups in total. The number of carbonyl (C=O) groups is 1. The van der Waals surface area contributed by atoms with Crippen molar-refractivity contribution in [2.45, 2.75) is 33.6 Å². The molecule has 1 atom stereocenters. The number of rotatable bonds is 7. The van der Waals surface area contributed by atoms with Crippen molar-refractivity contribution in [3.8, 4) is 0 Å². The molecule has 5 heteroatoms. The summed E-state index contributed by atoms with van der Waals surface area (Å²) in [6.07, 6.45) is 1.17. The average molecular weight is 246 g/mol. The monoisotopic (exact) mass is 246 g/mol. The first kappa shape index (κ1) is 15.3. The van der Waals surface area contributed by atoms with Crippen LogP contribution in [0.5, 0.6) is 0 Å². The molecular formula is C11H22N2O2S. The Balaban J connectivity index is 4.76. The summed E-state index contributed by atoms with van der Waals surface area (Å²) in [7, 11) is 0. The third-order valence-electron chi connectivity index (χ3n) is 2.98. The Morgan fingerprint density at radius 1 is 1.50 bits per heavy atom. The number of hydrogen-bond donors (Lipinski definition) is 2. The molecule has 0 aliphatic carbocycles. The minimum Gasteiger partial charge on any atom is -0.396 e. The summed E-state index contributed by atoms with van der Waals surface area (Å²) in [5.41, 5.74) is 4.88. The fourth-order valence-electron chi connectivity index (χ4n) is 1.44. The number of carbonyl (C=O) groups excluding carboxylic acids is 1. The largest absolute Gasteiger partial charge is 0.396 e. The molecule has 0 aromatic rings. The molecule has 0 aromatic carbocycles. The van der Waals surface area contributed by atoms with Gasteiger partial charge in [0.1, 0.15) is 0 Å². The van der Waals surface area contributed by atoms with Gasteiger partial charge in [0.2, 0.25) is 5.91 Å². The highest BCUT2D eigenvalue weighted by atomic mass is 32.1. The number of nitrogens with zero attached hydrogens (tertiary/aromatic N) is 1. The maximum absolute atomic E-state index is 12.3. The van der Waals surface area contributed by atoms with E-state index < -0.39 is 5.41 Å². The van der Waals surface area contributed by atoms with Crippen LogP contribution in [0.25, 0.3) is 0 Å². The van der Waals surface area contributed by atoms with Gasteiger partial charge >= 0.3 is 0 Å². The van der Waals surface area contributed by atoms with Gasteiger partial charge in [-0.05, 0) is 26.7 Å². The lowest BCUT2D eigenvalue weighted by molar-refractivity contribution is -0.137. The van der Waals surface area contributed by atoms with Crippen LogP contribution in [0.4, 0.5) is 0 Å². The Morgan fingerprint density at radius 3 is 2.38 bits per heavy atom. The van der Waals surface area contributed by atoms with E-state index in [4.69, 9.17) is 23.1 Å². The maximum atomic E-state index is 12.3. The zero-order valence-corrected chi connectivity index (χ0v) is 11.1. The van der Waals surface area contributed by atoms with Crippen molar-refractivity contribution < 1.29 is 9.90 Å².